The minimum Gasteiger partial charge on any atom is -0.358 e. The van der Waals surface area contributed by atoms with Crippen LogP contribution in [0.25, 0.3) is 21.5 Å². The molecule has 0 aliphatic carbocycles. The molecule has 2 aliphatic heterocycles. The molecule has 0 bridgehead atoms. The van der Waals surface area contributed by atoms with E-state index in [1.165, 1.54) is 4.31 Å². The summed E-state index contributed by atoms with van der Waals surface area (Å²) < 4.78 is 50.0. The van der Waals surface area contributed by atoms with Crippen LogP contribution in [0.15, 0.2) is 94.7 Å². The Kier molecular flexibility index (Phi) is 5.74. The molecule has 35 heavy (non-hydrogen) atoms. The second-order valence-electron chi connectivity index (χ2n) is 9.07. The third-order valence-electron chi connectivity index (χ3n) is 7.10. The maximum Gasteiger partial charge on any atom is 0.243 e. The Balaban J connectivity index is 1.22. The van der Waals surface area contributed by atoms with Crippen molar-refractivity contribution in [1.82, 2.24) is 8.61 Å². The van der Waals surface area contributed by atoms with E-state index >= 15 is 0 Å². The van der Waals surface area contributed by atoms with Crippen molar-refractivity contribution in [2.45, 2.75) is 28.4 Å². The fraction of sp³-hybridized carbons (Fsp3) is 0.259. The van der Waals surface area contributed by atoms with E-state index in [0.717, 1.165) is 26.4 Å². The number of benzene rings is 4. The highest BCUT2D eigenvalue weighted by atomic mass is 32.2. The highest BCUT2D eigenvalue weighted by Gasteiger charge is 2.49. The molecule has 2 saturated heterocycles. The first kappa shape index (κ1) is 22.8. The van der Waals surface area contributed by atoms with E-state index in [9.17, 15) is 12.6 Å². The number of hydrogen-bond donors (Lipinski definition) is 0. The zero-order valence-electron chi connectivity index (χ0n) is 19.2. The van der Waals surface area contributed by atoms with E-state index in [0.29, 0.717) is 44.0 Å². The first-order chi connectivity index (χ1) is 17.0. The molecule has 2 aliphatic rings. The molecular weight excluding hydrogens is 480 g/mol. The minimum absolute atomic E-state index is 0.302. The third kappa shape index (κ3) is 3.99. The molecule has 1 spiro atoms. The molecular formula is C27H26N2O4S2. The normalized spacial score (nSPS) is 20.0. The predicted octanol–water partition coefficient (Wildman–Crippen LogP) is 4.53. The molecule has 0 aromatic heterocycles. The maximum atomic E-state index is 13.6. The quantitative estimate of drug-likeness (QED) is 0.408. The molecule has 2 fully saturated rings. The smallest absolute Gasteiger partial charge is 0.243 e. The first-order valence-corrected chi connectivity index (χ1v) is 14.3. The van der Waals surface area contributed by atoms with Gasteiger partial charge < -0.3 is 4.74 Å². The topological polar surface area (TPSA) is 66.9 Å². The van der Waals surface area contributed by atoms with Crippen LogP contribution >= 0.6 is 0 Å². The molecule has 2 heterocycles. The zero-order valence-corrected chi connectivity index (χ0v) is 20.8. The Hall–Kier alpha value is -2.62. The van der Waals surface area contributed by atoms with Crippen LogP contribution in [0.2, 0.25) is 0 Å². The van der Waals surface area contributed by atoms with Crippen molar-refractivity contribution in [2.75, 3.05) is 26.2 Å². The van der Waals surface area contributed by atoms with Crippen LogP contribution in [0.3, 0.4) is 0 Å². The van der Waals surface area contributed by atoms with Crippen LogP contribution < -0.4 is 0 Å². The molecule has 4 aromatic rings. The van der Waals surface area contributed by atoms with Gasteiger partial charge in [-0.15, -0.1) is 0 Å². The summed E-state index contributed by atoms with van der Waals surface area (Å²) in [4.78, 5) is 1.04. The van der Waals surface area contributed by atoms with Crippen LogP contribution in [0.1, 0.15) is 12.8 Å². The van der Waals surface area contributed by atoms with Gasteiger partial charge in [-0.1, -0.05) is 60.7 Å². The SMILES string of the molecule is O=S(c1ccc2ccccc2c1)N1CCOC12CCN(S(=O)(=O)c1ccc3ccccc3c1)CC2. The summed E-state index contributed by atoms with van der Waals surface area (Å²) in [7, 11) is -5.03. The van der Waals surface area contributed by atoms with Crippen molar-refractivity contribution in [3.8, 4) is 0 Å². The maximum absolute atomic E-state index is 13.6. The van der Waals surface area contributed by atoms with E-state index in [2.05, 4.69) is 0 Å². The van der Waals surface area contributed by atoms with Crippen LogP contribution in [0.4, 0.5) is 0 Å². The molecule has 6 rings (SSSR count). The van der Waals surface area contributed by atoms with Gasteiger partial charge in [0.05, 0.1) is 16.4 Å². The molecule has 0 saturated carbocycles. The fourth-order valence-corrected chi connectivity index (χ4v) is 8.10. The second-order valence-corrected chi connectivity index (χ2v) is 12.4. The Morgan fingerprint density at radius 2 is 1.34 bits per heavy atom. The van der Waals surface area contributed by atoms with Gasteiger partial charge in [0.2, 0.25) is 10.0 Å². The average Bonchev–Trinajstić information content (AvgIpc) is 3.30. The van der Waals surface area contributed by atoms with Crippen molar-refractivity contribution < 1.29 is 17.4 Å². The Labute approximate surface area is 207 Å². The van der Waals surface area contributed by atoms with Gasteiger partial charge in [-0.05, 0) is 45.8 Å². The summed E-state index contributed by atoms with van der Waals surface area (Å²) in [5.41, 5.74) is -0.716. The summed E-state index contributed by atoms with van der Waals surface area (Å²) in [5, 5.41) is 4.06. The van der Waals surface area contributed by atoms with Crippen molar-refractivity contribution in [1.29, 1.82) is 0 Å². The van der Waals surface area contributed by atoms with Gasteiger partial charge in [0.25, 0.3) is 0 Å². The van der Waals surface area contributed by atoms with Crippen LogP contribution in [-0.4, -0.2) is 53.2 Å². The first-order valence-electron chi connectivity index (χ1n) is 11.8. The molecule has 0 radical (unpaired) electrons. The van der Waals surface area contributed by atoms with Gasteiger partial charge >= 0.3 is 0 Å². The van der Waals surface area contributed by atoms with Gasteiger partial charge in [0.15, 0.2) is 0 Å². The lowest BCUT2D eigenvalue weighted by atomic mass is 10.0. The molecule has 6 nitrogen and oxygen atoms in total. The van der Waals surface area contributed by atoms with Crippen LogP contribution in [0, 0.1) is 0 Å². The van der Waals surface area contributed by atoms with Gasteiger partial charge in [-0.25, -0.2) is 12.6 Å². The molecule has 180 valence electrons. The lowest BCUT2D eigenvalue weighted by Gasteiger charge is -2.42. The van der Waals surface area contributed by atoms with E-state index in [4.69, 9.17) is 4.74 Å². The van der Waals surface area contributed by atoms with Crippen molar-refractivity contribution in [3.63, 3.8) is 0 Å². The Morgan fingerprint density at radius 3 is 2.03 bits per heavy atom. The summed E-state index contributed by atoms with van der Waals surface area (Å²) >= 11 is 0. The van der Waals surface area contributed by atoms with E-state index in [-0.39, 0.29) is 0 Å². The fourth-order valence-electron chi connectivity index (χ4n) is 5.18. The number of rotatable bonds is 4. The second kappa shape index (κ2) is 8.80. The van der Waals surface area contributed by atoms with Crippen molar-refractivity contribution >= 4 is 42.6 Å². The number of piperidine rings is 1. The number of nitrogens with zero attached hydrogens (tertiary/aromatic N) is 2. The molecule has 1 atom stereocenters. The lowest BCUT2D eigenvalue weighted by Crippen LogP contribution is -2.54. The zero-order chi connectivity index (χ0) is 24.0. The summed E-state index contributed by atoms with van der Waals surface area (Å²) in [6.45, 7) is 1.68. The van der Waals surface area contributed by atoms with Gasteiger partial charge in [-0.2, -0.15) is 8.61 Å². The summed E-state index contributed by atoms with van der Waals surface area (Å²) in [6.07, 6.45) is 0.943. The molecule has 4 aromatic carbocycles. The monoisotopic (exact) mass is 506 g/mol. The Morgan fingerprint density at radius 1 is 0.743 bits per heavy atom. The van der Waals surface area contributed by atoms with Crippen molar-refractivity contribution in [3.05, 3.63) is 84.9 Å². The van der Waals surface area contributed by atoms with Crippen LogP contribution in [-0.2, 0) is 25.7 Å². The largest absolute Gasteiger partial charge is 0.358 e. The number of hydrogen-bond acceptors (Lipinski definition) is 4. The highest BCUT2D eigenvalue weighted by molar-refractivity contribution is 7.89. The van der Waals surface area contributed by atoms with Crippen LogP contribution in [0.5, 0.6) is 0 Å². The minimum atomic E-state index is -3.63. The average molecular weight is 507 g/mol. The Bertz CT molecular complexity index is 1550. The van der Waals surface area contributed by atoms with E-state index in [1.807, 2.05) is 77.1 Å². The lowest BCUT2D eigenvalue weighted by molar-refractivity contribution is -0.0791. The molecule has 0 amide bonds. The third-order valence-corrected chi connectivity index (χ3v) is 10.6. The predicted molar refractivity (Wildman–Crippen MR) is 138 cm³/mol. The summed E-state index contributed by atoms with van der Waals surface area (Å²) in [5.74, 6) is 0. The van der Waals surface area contributed by atoms with Gasteiger partial charge in [-0.3, -0.25) is 0 Å². The number of sulfonamides is 1. The summed E-state index contributed by atoms with van der Waals surface area (Å²) in [6, 6.07) is 26.9. The highest BCUT2D eigenvalue weighted by Crippen LogP contribution is 2.38. The molecule has 0 N–H and O–H groups in total. The van der Waals surface area contributed by atoms with E-state index < -0.39 is 26.7 Å². The number of fused-ring (bicyclic) bond motifs is 2. The number of ether oxygens (including phenoxy) is 1. The van der Waals surface area contributed by atoms with E-state index in [1.54, 1.807) is 12.1 Å². The standard InChI is InChI=1S/C27H26N2O4S2/c30-34(25-11-9-21-5-1-3-7-23(21)19-25)29-17-18-33-27(29)13-15-28(16-14-27)35(31,32)26-12-10-22-6-2-4-8-24(22)20-26/h1-12,19-20H,13-18H2. The van der Waals surface area contributed by atoms with Gasteiger partial charge in [0, 0.05) is 32.5 Å². The molecule has 8 heteroatoms. The molecule has 1 unspecified atom stereocenters. The van der Waals surface area contributed by atoms with Gasteiger partial charge in [0.1, 0.15) is 16.7 Å². The van der Waals surface area contributed by atoms with Crippen molar-refractivity contribution in [2.24, 2.45) is 0 Å².